The SMILES string of the molecule is C=CCn1c(SCC(=O)Nc2nc(C)cs2)nnc1-c1ccccc1Cl. The first-order chi connectivity index (χ1) is 12.6. The van der Waals surface area contributed by atoms with Gasteiger partial charge in [-0.1, -0.05) is 41.6 Å². The zero-order chi connectivity index (χ0) is 18.5. The second kappa shape index (κ2) is 8.48. The summed E-state index contributed by atoms with van der Waals surface area (Å²) in [4.78, 5) is 16.4. The molecule has 0 atom stereocenters. The van der Waals surface area contributed by atoms with Crippen LogP contribution in [0.4, 0.5) is 5.13 Å². The molecule has 1 aromatic carbocycles. The van der Waals surface area contributed by atoms with Gasteiger partial charge in [-0.15, -0.1) is 28.1 Å². The monoisotopic (exact) mass is 405 g/mol. The fourth-order valence-electron chi connectivity index (χ4n) is 2.23. The molecule has 0 radical (unpaired) electrons. The highest BCUT2D eigenvalue weighted by Gasteiger charge is 2.17. The van der Waals surface area contributed by atoms with Gasteiger partial charge in [-0.25, -0.2) is 4.98 Å². The van der Waals surface area contributed by atoms with Crippen molar-refractivity contribution in [3.63, 3.8) is 0 Å². The number of anilines is 1. The average molecular weight is 406 g/mol. The van der Waals surface area contributed by atoms with Crippen LogP contribution in [-0.4, -0.2) is 31.4 Å². The Labute approximate surface area is 164 Å². The number of amides is 1. The number of hydrogen-bond donors (Lipinski definition) is 1. The predicted molar refractivity (Wildman–Crippen MR) is 107 cm³/mol. The second-order valence-electron chi connectivity index (χ2n) is 5.32. The molecule has 0 unspecified atom stereocenters. The van der Waals surface area contributed by atoms with Crippen molar-refractivity contribution in [2.75, 3.05) is 11.1 Å². The number of nitrogens with one attached hydrogen (secondary N) is 1. The molecule has 6 nitrogen and oxygen atoms in total. The van der Waals surface area contributed by atoms with Crippen LogP contribution < -0.4 is 5.32 Å². The number of allylic oxidation sites excluding steroid dienone is 1. The van der Waals surface area contributed by atoms with Gasteiger partial charge in [0.25, 0.3) is 0 Å². The predicted octanol–water partition coefficient (Wildman–Crippen LogP) is 4.28. The number of benzene rings is 1. The highest BCUT2D eigenvalue weighted by molar-refractivity contribution is 7.99. The molecule has 2 aromatic heterocycles. The van der Waals surface area contributed by atoms with E-state index in [0.29, 0.717) is 27.7 Å². The minimum atomic E-state index is -0.142. The molecule has 0 saturated carbocycles. The Kier molecular flexibility index (Phi) is 6.08. The van der Waals surface area contributed by atoms with Gasteiger partial charge in [0.05, 0.1) is 16.5 Å². The Morgan fingerprint density at radius 1 is 1.42 bits per heavy atom. The lowest BCUT2D eigenvalue weighted by Gasteiger charge is -2.08. The summed E-state index contributed by atoms with van der Waals surface area (Å²) in [6.45, 7) is 6.18. The Balaban J connectivity index is 1.74. The van der Waals surface area contributed by atoms with E-state index in [1.807, 2.05) is 35.1 Å². The number of halogens is 1. The molecule has 1 N–H and O–H groups in total. The first-order valence-corrected chi connectivity index (χ1v) is 9.96. The van der Waals surface area contributed by atoms with E-state index in [0.717, 1.165) is 11.3 Å². The van der Waals surface area contributed by atoms with Crippen molar-refractivity contribution in [2.24, 2.45) is 0 Å². The van der Waals surface area contributed by atoms with Crippen molar-refractivity contribution >= 4 is 45.7 Å². The van der Waals surface area contributed by atoms with Gasteiger partial charge in [0, 0.05) is 17.5 Å². The third-order valence-electron chi connectivity index (χ3n) is 3.34. The number of rotatable bonds is 7. The van der Waals surface area contributed by atoms with Crippen LogP contribution in [0.5, 0.6) is 0 Å². The first-order valence-electron chi connectivity index (χ1n) is 7.72. The molecule has 2 heterocycles. The van der Waals surface area contributed by atoms with E-state index in [1.165, 1.54) is 23.1 Å². The fraction of sp³-hybridized carbons (Fsp3) is 0.176. The van der Waals surface area contributed by atoms with Gasteiger partial charge in [0.2, 0.25) is 5.91 Å². The van der Waals surface area contributed by atoms with Gasteiger partial charge in [0.15, 0.2) is 16.1 Å². The topological polar surface area (TPSA) is 72.7 Å². The normalized spacial score (nSPS) is 10.7. The lowest BCUT2D eigenvalue weighted by molar-refractivity contribution is -0.113. The second-order valence-corrected chi connectivity index (χ2v) is 7.52. The number of aryl methyl sites for hydroxylation is 1. The third-order valence-corrected chi connectivity index (χ3v) is 5.51. The van der Waals surface area contributed by atoms with E-state index in [2.05, 4.69) is 27.1 Å². The highest BCUT2D eigenvalue weighted by atomic mass is 35.5. The third kappa shape index (κ3) is 4.32. The van der Waals surface area contributed by atoms with Gasteiger partial charge < -0.3 is 5.32 Å². The fourth-order valence-corrected chi connectivity index (χ4v) is 3.90. The van der Waals surface area contributed by atoms with Crippen LogP contribution in [0, 0.1) is 6.92 Å². The average Bonchev–Trinajstić information content (AvgIpc) is 3.20. The molecule has 0 aliphatic rings. The molecule has 1 amide bonds. The Morgan fingerprint density at radius 3 is 2.92 bits per heavy atom. The molecule has 0 aliphatic carbocycles. The smallest absolute Gasteiger partial charge is 0.236 e. The van der Waals surface area contributed by atoms with Crippen molar-refractivity contribution in [1.82, 2.24) is 19.7 Å². The summed E-state index contributed by atoms with van der Waals surface area (Å²) in [7, 11) is 0. The van der Waals surface area contributed by atoms with E-state index < -0.39 is 0 Å². The summed E-state index contributed by atoms with van der Waals surface area (Å²) >= 11 is 8.98. The number of nitrogens with zero attached hydrogens (tertiary/aromatic N) is 4. The largest absolute Gasteiger partial charge is 0.301 e. The first kappa shape index (κ1) is 18.6. The quantitative estimate of drug-likeness (QED) is 0.469. The van der Waals surface area contributed by atoms with Crippen LogP contribution in [0.25, 0.3) is 11.4 Å². The maximum absolute atomic E-state index is 12.1. The lowest BCUT2D eigenvalue weighted by atomic mass is 10.2. The van der Waals surface area contributed by atoms with Crippen LogP contribution in [0.15, 0.2) is 47.5 Å². The van der Waals surface area contributed by atoms with Crippen LogP contribution >= 0.6 is 34.7 Å². The minimum Gasteiger partial charge on any atom is -0.301 e. The molecular formula is C17H16ClN5OS2. The number of hydrogen-bond acceptors (Lipinski definition) is 6. The molecule has 9 heteroatoms. The molecule has 0 aliphatic heterocycles. The summed E-state index contributed by atoms with van der Waals surface area (Å²) in [5, 5.41) is 15.0. The lowest BCUT2D eigenvalue weighted by Crippen LogP contribution is -2.14. The highest BCUT2D eigenvalue weighted by Crippen LogP contribution is 2.29. The van der Waals surface area contributed by atoms with E-state index in [-0.39, 0.29) is 11.7 Å². The molecule has 0 saturated heterocycles. The molecule has 26 heavy (non-hydrogen) atoms. The standard InChI is InChI=1S/C17H16ClN5OS2/c1-3-8-23-15(12-6-4-5-7-13(12)18)21-22-17(23)26-10-14(24)20-16-19-11(2)9-25-16/h3-7,9H,1,8,10H2,2H3,(H,19,20,24). The van der Waals surface area contributed by atoms with Crippen LogP contribution in [0.1, 0.15) is 5.69 Å². The maximum atomic E-state index is 12.1. The van der Waals surface area contributed by atoms with Crippen molar-refractivity contribution in [3.05, 3.63) is 53.0 Å². The Bertz CT molecular complexity index is 937. The van der Waals surface area contributed by atoms with Gasteiger partial charge in [-0.05, 0) is 19.1 Å². The maximum Gasteiger partial charge on any atom is 0.236 e. The Hall–Kier alpha value is -2.16. The van der Waals surface area contributed by atoms with E-state index >= 15 is 0 Å². The molecule has 0 spiro atoms. The summed E-state index contributed by atoms with van der Waals surface area (Å²) in [5.41, 5.74) is 1.67. The number of carbonyl (C=O) groups excluding carboxylic acids is 1. The minimum absolute atomic E-state index is 0.142. The number of carbonyl (C=O) groups is 1. The Morgan fingerprint density at radius 2 is 2.23 bits per heavy atom. The van der Waals surface area contributed by atoms with Gasteiger partial charge in [0.1, 0.15) is 0 Å². The van der Waals surface area contributed by atoms with E-state index in [4.69, 9.17) is 11.6 Å². The molecule has 0 fully saturated rings. The van der Waals surface area contributed by atoms with Crippen molar-refractivity contribution < 1.29 is 4.79 Å². The van der Waals surface area contributed by atoms with Crippen LogP contribution in [-0.2, 0) is 11.3 Å². The summed E-state index contributed by atoms with van der Waals surface area (Å²) in [6.07, 6.45) is 1.76. The molecule has 134 valence electrons. The molecule has 3 rings (SSSR count). The zero-order valence-electron chi connectivity index (χ0n) is 14.0. The van der Waals surface area contributed by atoms with Gasteiger partial charge in [-0.3, -0.25) is 9.36 Å². The van der Waals surface area contributed by atoms with E-state index in [9.17, 15) is 4.79 Å². The van der Waals surface area contributed by atoms with Crippen molar-refractivity contribution in [2.45, 2.75) is 18.6 Å². The van der Waals surface area contributed by atoms with Gasteiger partial charge in [-0.2, -0.15) is 0 Å². The van der Waals surface area contributed by atoms with Gasteiger partial charge >= 0.3 is 0 Å². The molecular weight excluding hydrogens is 390 g/mol. The van der Waals surface area contributed by atoms with Crippen molar-refractivity contribution in [1.29, 1.82) is 0 Å². The number of thioether (sulfide) groups is 1. The van der Waals surface area contributed by atoms with Crippen molar-refractivity contribution in [3.8, 4) is 11.4 Å². The summed E-state index contributed by atoms with van der Waals surface area (Å²) in [6, 6.07) is 7.45. The zero-order valence-corrected chi connectivity index (χ0v) is 16.4. The van der Waals surface area contributed by atoms with Crippen LogP contribution in [0.2, 0.25) is 5.02 Å². The molecule has 3 aromatic rings. The summed E-state index contributed by atoms with van der Waals surface area (Å²) in [5.74, 6) is 0.710. The molecule has 0 bridgehead atoms. The number of thiazole rings is 1. The summed E-state index contributed by atoms with van der Waals surface area (Å²) < 4.78 is 1.89. The van der Waals surface area contributed by atoms with Crippen LogP contribution in [0.3, 0.4) is 0 Å². The van der Waals surface area contributed by atoms with E-state index in [1.54, 1.807) is 12.1 Å². The number of aromatic nitrogens is 4.